The van der Waals surface area contributed by atoms with Crippen LogP contribution >= 0.6 is 0 Å². The van der Waals surface area contributed by atoms with E-state index in [0.29, 0.717) is 0 Å². The molecule has 1 radical (unpaired) electrons. The number of carboxylic acid groups (broad SMARTS) is 1. The van der Waals surface area contributed by atoms with E-state index in [1.807, 2.05) is 0 Å². The first-order chi connectivity index (χ1) is 3.13. The average molecular weight is 156 g/mol. The Morgan fingerprint density at radius 2 is 1.88 bits per heavy atom. The molecule has 0 heterocycles. The average Bonchev–Trinajstić information content (AvgIpc) is 1.27. The van der Waals surface area contributed by atoms with Crippen LogP contribution in [0.4, 0.5) is 0 Å². The van der Waals surface area contributed by atoms with Crippen molar-refractivity contribution in [2.24, 2.45) is 0 Å². The Balaban J connectivity index is 0. The van der Waals surface area contributed by atoms with Crippen molar-refractivity contribution in [2.45, 2.75) is 13.3 Å². The number of carbonyl (C=O) groups is 2. The number of aliphatic carboxylic acids is 1. The van der Waals surface area contributed by atoms with Gasteiger partial charge in [0.05, 0.1) is 0 Å². The van der Waals surface area contributed by atoms with Gasteiger partial charge in [-0.2, -0.15) is 0 Å². The second kappa shape index (κ2) is 4.81. The van der Waals surface area contributed by atoms with Gasteiger partial charge in [-0.15, -0.1) is 0 Å². The Morgan fingerprint density at radius 1 is 1.50 bits per heavy atom. The number of hydrogen-bond donors (Lipinski definition) is 0. The van der Waals surface area contributed by atoms with Crippen LogP contribution in [0.3, 0.4) is 0 Å². The molecule has 0 saturated heterocycles. The molecule has 0 saturated carbocycles. The van der Waals surface area contributed by atoms with Gasteiger partial charge in [0.1, 0.15) is 5.78 Å². The van der Waals surface area contributed by atoms with Gasteiger partial charge in [0, 0.05) is 12.4 Å². The first-order valence-corrected chi connectivity index (χ1v) is 1.82. The van der Waals surface area contributed by atoms with Gasteiger partial charge in [-0.3, -0.25) is 4.79 Å². The maximum Gasteiger partial charge on any atom is 2.00 e. The monoisotopic (exact) mass is 156 g/mol. The molecule has 0 spiro atoms. The van der Waals surface area contributed by atoms with Crippen molar-refractivity contribution in [3.8, 4) is 0 Å². The first-order valence-electron chi connectivity index (χ1n) is 1.82. The molecule has 45 valence electrons. The molecule has 0 unspecified atom stereocenters. The van der Waals surface area contributed by atoms with Gasteiger partial charge in [0.15, 0.2) is 0 Å². The van der Waals surface area contributed by atoms with Gasteiger partial charge >= 0.3 is 17.1 Å². The van der Waals surface area contributed by atoms with E-state index >= 15 is 0 Å². The van der Waals surface area contributed by atoms with Gasteiger partial charge in [-0.1, -0.05) is 0 Å². The van der Waals surface area contributed by atoms with Crippen LogP contribution in [0.15, 0.2) is 0 Å². The first kappa shape index (κ1) is 10.6. The summed E-state index contributed by atoms with van der Waals surface area (Å²) in [6, 6.07) is 0. The van der Waals surface area contributed by atoms with Crippen LogP contribution in [-0.4, -0.2) is 11.8 Å². The van der Waals surface area contributed by atoms with Crippen molar-refractivity contribution in [3.63, 3.8) is 0 Å². The topological polar surface area (TPSA) is 57.2 Å². The van der Waals surface area contributed by atoms with Crippen molar-refractivity contribution < 1.29 is 31.8 Å². The maximum atomic E-state index is 9.83. The van der Waals surface area contributed by atoms with Crippen LogP contribution in [0.2, 0.25) is 0 Å². The summed E-state index contributed by atoms with van der Waals surface area (Å²) in [5.41, 5.74) is 0. The molecule has 0 aromatic carbocycles. The van der Waals surface area contributed by atoms with E-state index in [-0.39, 0.29) is 22.9 Å². The third kappa shape index (κ3) is 9.18. The smallest absolute Gasteiger partial charge is 0.550 e. The van der Waals surface area contributed by atoms with E-state index in [1.165, 1.54) is 6.92 Å². The number of carboxylic acids is 1. The number of carbonyl (C=O) groups excluding carboxylic acids is 2. The fourth-order valence-corrected chi connectivity index (χ4v) is 0.203. The van der Waals surface area contributed by atoms with Gasteiger partial charge in [0.2, 0.25) is 0 Å². The summed E-state index contributed by atoms with van der Waals surface area (Å²) in [4.78, 5) is 19.3. The summed E-state index contributed by atoms with van der Waals surface area (Å²) in [7, 11) is 0. The van der Waals surface area contributed by atoms with Gasteiger partial charge in [0.25, 0.3) is 0 Å². The predicted octanol–water partition coefficient (Wildman–Crippen LogP) is -1.29. The number of hydrogen-bond acceptors (Lipinski definition) is 3. The Labute approximate surface area is 57.5 Å². The molecule has 0 atom stereocenters. The number of ketones is 1. The van der Waals surface area contributed by atoms with E-state index in [4.69, 9.17) is 0 Å². The van der Waals surface area contributed by atoms with Crippen LogP contribution < -0.4 is 5.11 Å². The molecule has 0 bridgehead atoms. The summed E-state index contributed by atoms with van der Waals surface area (Å²) in [5.74, 6) is -1.69. The van der Waals surface area contributed by atoms with Crippen molar-refractivity contribution in [1.82, 2.24) is 0 Å². The fraction of sp³-hybridized carbons (Fsp3) is 0.500. The number of Topliss-reactive ketones (excluding diaryl/α,β-unsaturated/α-hetero) is 1. The van der Waals surface area contributed by atoms with Crippen LogP contribution in [0.25, 0.3) is 0 Å². The Morgan fingerprint density at radius 3 is 1.88 bits per heavy atom. The molecule has 0 aliphatic carbocycles. The molecule has 0 aliphatic heterocycles. The van der Waals surface area contributed by atoms with Crippen LogP contribution in [0, 0.1) is 0 Å². The summed E-state index contributed by atoms with van der Waals surface area (Å²) in [6.07, 6.45) is -0.472. The zero-order valence-electron chi connectivity index (χ0n) is 4.31. The maximum absolute atomic E-state index is 9.83. The third-order valence-electron chi connectivity index (χ3n) is 0.393. The molecule has 0 aliphatic rings. The van der Waals surface area contributed by atoms with Crippen molar-refractivity contribution in [1.29, 1.82) is 0 Å². The van der Waals surface area contributed by atoms with Crippen LogP contribution in [0.5, 0.6) is 0 Å². The molecule has 0 aromatic heterocycles. The minimum absolute atomic E-state index is 0. The van der Waals surface area contributed by atoms with Crippen LogP contribution in [-0.2, 0) is 26.7 Å². The third-order valence-corrected chi connectivity index (χ3v) is 0.393. The Bertz CT molecular complexity index is 87.5. The molecule has 0 amide bonds. The molecule has 0 fully saturated rings. The molecule has 8 heavy (non-hydrogen) atoms. The van der Waals surface area contributed by atoms with E-state index < -0.39 is 12.4 Å². The van der Waals surface area contributed by atoms with E-state index in [0.717, 1.165) is 0 Å². The molecular weight excluding hydrogens is 151 g/mol. The van der Waals surface area contributed by atoms with E-state index in [9.17, 15) is 14.7 Å². The Kier molecular flexibility index (Phi) is 6.38. The van der Waals surface area contributed by atoms with Gasteiger partial charge < -0.3 is 9.90 Å². The van der Waals surface area contributed by atoms with E-state index in [2.05, 4.69) is 0 Å². The standard InChI is InChI=1S/C4H6O3.Mn/c1-3(5)2-4(6)7;/h2H2,1H3,(H,6,7);/q;+2/p-1. The molecule has 0 rings (SSSR count). The largest absolute Gasteiger partial charge is 2.00 e. The van der Waals surface area contributed by atoms with Crippen LogP contribution in [0.1, 0.15) is 13.3 Å². The quantitative estimate of drug-likeness (QED) is 0.369. The fourth-order valence-electron chi connectivity index (χ4n) is 0.203. The van der Waals surface area contributed by atoms with E-state index in [1.54, 1.807) is 0 Å². The molecule has 4 heteroatoms. The van der Waals surface area contributed by atoms with Gasteiger partial charge in [-0.25, -0.2) is 0 Å². The van der Waals surface area contributed by atoms with Crippen molar-refractivity contribution >= 4 is 11.8 Å². The normalized spacial score (nSPS) is 7.12. The molecular formula is C4H5MnO3+. The van der Waals surface area contributed by atoms with Crippen molar-refractivity contribution in [3.05, 3.63) is 0 Å². The second-order valence-corrected chi connectivity index (χ2v) is 1.25. The van der Waals surface area contributed by atoms with Crippen molar-refractivity contribution in [2.75, 3.05) is 0 Å². The summed E-state index contributed by atoms with van der Waals surface area (Å²) < 4.78 is 0. The zero-order chi connectivity index (χ0) is 5.86. The molecule has 0 aromatic rings. The predicted molar refractivity (Wildman–Crippen MR) is 20.3 cm³/mol. The number of rotatable bonds is 2. The zero-order valence-corrected chi connectivity index (χ0v) is 5.49. The summed E-state index contributed by atoms with van der Waals surface area (Å²) in [6.45, 7) is 1.20. The SMILES string of the molecule is CC(=O)CC(=O)[O-].[Mn+2]. The minimum Gasteiger partial charge on any atom is -0.550 e. The van der Waals surface area contributed by atoms with Gasteiger partial charge in [-0.05, 0) is 6.92 Å². The second-order valence-electron chi connectivity index (χ2n) is 1.25. The summed E-state index contributed by atoms with van der Waals surface area (Å²) >= 11 is 0. The molecule has 0 N–H and O–H groups in total. The minimum atomic E-state index is -1.31. The Hall–Kier alpha value is -0.341. The molecule has 3 nitrogen and oxygen atoms in total. The summed E-state index contributed by atoms with van der Waals surface area (Å²) in [5, 5.41) is 9.48.